The molecule has 1 aliphatic rings. The molecular formula is C23H33N3O2S. The Bertz CT molecular complexity index is 876. The summed E-state index contributed by atoms with van der Waals surface area (Å²) in [5, 5.41) is 0. The average Bonchev–Trinajstić information content (AvgIpc) is 2.70. The molecule has 0 atom stereocenters. The van der Waals surface area contributed by atoms with Crippen LogP contribution >= 0.6 is 0 Å². The van der Waals surface area contributed by atoms with Crippen molar-refractivity contribution in [1.82, 2.24) is 14.1 Å². The molecule has 158 valence electrons. The minimum atomic E-state index is -3.38. The van der Waals surface area contributed by atoms with E-state index >= 15 is 0 Å². The van der Waals surface area contributed by atoms with Gasteiger partial charge in [0.2, 0.25) is 10.0 Å². The summed E-state index contributed by atoms with van der Waals surface area (Å²) in [4.78, 5) is 5.23. The van der Waals surface area contributed by atoms with Gasteiger partial charge < -0.3 is 4.90 Å². The van der Waals surface area contributed by atoms with Crippen molar-refractivity contribution in [3.05, 3.63) is 65.7 Å². The largest absolute Gasteiger partial charge is 0.302 e. The molecule has 2 aromatic carbocycles. The van der Waals surface area contributed by atoms with Crippen molar-refractivity contribution in [3.63, 3.8) is 0 Å². The van der Waals surface area contributed by atoms with Crippen LogP contribution in [0.2, 0.25) is 0 Å². The SMILES string of the molecule is CN(Cc1ccccc1)CC1CCN(Cc2cccc(S(=O)(=O)N(C)C)c2)CC1. The van der Waals surface area contributed by atoms with Crippen LogP contribution in [0.4, 0.5) is 0 Å². The summed E-state index contributed by atoms with van der Waals surface area (Å²) < 4.78 is 26.0. The maximum atomic E-state index is 12.4. The summed E-state index contributed by atoms with van der Waals surface area (Å²) in [6, 6.07) is 18.0. The van der Waals surface area contributed by atoms with Crippen molar-refractivity contribution in [3.8, 4) is 0 Å². The van der Waals surface area contributed by atoms with Gasteiger partial charge in [-0.25, -0.2) is 12.7 Å². The van der Waals surface area contributed by atoms with Gasteiger partial charge in [-0.2, -0.15) is 0 Å². The van der Waals surface area contributed by atoms with Crippen molar-refractivity contribution in [1.29, 1.82) is 0 Å². The summed E-state index contributed by atoms with van der Waals surface area (Å²) in [6.45, 7) is 5.06. The fourth-order valence-electron chi connectivity index (χ4n) is 4.00. The van der Waals surface area contributed by atoms with E-state index in [9.17, 15) is 8.42 Å². The second kappa shape index (κ2) is 9.85. The third-order valence-electron chi connectivity index (χ3n) is 5.66. The summed E-state index contributed by atoms with van der Waals surface area (Å²) in [7, 11) is 1.97. The zero-order valence-corrected chi connectivity index (χ0v) is 18.6. The lowest BCUT2D eigenvalue weighted by atomic mass is 9.95. The zero-order chi connectivity index (χ0) is 20.9. The second-order valence-electron chi connectivity index (χ2n) is 8.34. The molecule has 5 nitrogen and oxygen atoms in total. The van der Waals surface area contributed by atoms with Crippen molar-refractivity contribution in [2.75, 3.05) is 40.8 Å². The summed E-state index contributed by atoms with van der Waals surface area (Å²) in [5.74, 6) is 0.723. The molecule has 1 fully saturated rings. The lowest BCUT2D eigenvalue weighted by Gasteiger charge is -2.34. The molecule has 0 unspecified atom stereocenters. The molecule has 0 amide bonds. The van der Waals surface area contributed by atoms with Gasteiger partial charge in [-0.3, -0.25) is 4.90 Å². The number of hydrogen-bond donors (Lipinski definition) is 0. The topological polar surface area (TPSA) is 43.9 Å². The summed E-state index contributed by atoms with van der Waals surface area (Å²) >= 11 is 0. The van der Waals surface area contributed by atoms with E-state index in [2.05, 4.69) is 47.2 Å². The predicted molar refractivity (Wildman–Crippen MR) is 118 cm³/mol. The highest BCUT2D eigenvalue weighted by molar-refractivity contribution is 7.89. The van der Waals surface area contributed by atoms with Crippen LogP contribution in [0.25, 0.3) is 0 Å². The fourth-order valence-corrected chi connectivity index (χ4v) is 4.97. The number of rotatable bonds is 8. The first kappa shape index (κ1) is 22.0. The Labute approximate surface area is 176 Å². The smallest absolute Gasteiger partial charge is 0.242 e. The van der Waals surface area contributed by atoms with Gasteiger partial charge in [0.25, 0.3) is 0 Å². The fraction of sp³-hybridized carbons (Fsp3) is 0.478. The quantitative estimate of drug-likeness (QED) is 0.664. The van der Waals surface area contributed by atoms with Gasteiger partial charge in [-0.1, -0.05) is 42.5 Å². The molecule has 0 saturated carbocycles. The lowest BCUT2D eigenvalue weighted by molar-refractivity contribution is 0.147. The van der Waals surface area contributed by atoms with E-state index in [1.807, 2.05) is 18.2 Å². The van der Waals surface area contributed by atoms with E-state index in [0.717, 1.165) is 44.2 Å². The number of sulfonamides is 1. The van der Waals surface area contributed by atoms with Gasteiger partial charge in [0.15, 0.2) is 0 Å². The maximum absolute atomic E-state index is 12.4. The maximum Gasteiger partial charge on any atom is 0.242 e. The summed E-state index contributed by atoms with van der Waals surface area (Å²) in [6.07, 6.45) is 2.38. The van der Waals surface area contributed by atoms with Crippen LogP contribution in [0.15, 0.2) is 59.5 Å². The predicted octanol–water partition coefficient (Wildman–Crippen LogP) is 3.28. The van der Waals surface area contributed by atoms with Crippen molar-refractivity contribution in [2.45, 2.75) is 30.8 Å². The molecule has 1 aliphatic heterocycles. The molecule has 0 spiro atoms. The van der Waals surface area contributed by atoms with Crippen LogP contribution in [0.5, 0.6) is 0 Å². The number of benzene rings is 2. The van der Waals surface area contributed by atoms with Gasteiger partial charge in [0.1, 0.15) is 0 Å². The highest BCUT2D eigenvalue weighted by Crippen LogP contribution is 2.22. The number of nitrogens with zero attached hydrogens (tertiary/aromatic N) is 3. The Morgan fingerprint density at radius 3 is 2.24 bits per heavy atom. The second-order valence-corrected chi connectivity index (χ2v) is 10.5. The molecule has 1 heterocycles. The highest BCUT2D eigenvalue weighted by Gasteiger charge is 2.22. The molecule has 2 aromatic rings. The molecule has 0 bridgehead atoms. The van der Waals surface area contributed by atoms with Gasteiger partial charge in [0.05, 0.1) is 4.90 Å². The molecule has 0 aliphatic carbocycles. The molecule has 0 radical (unpaired) electrons. The molecule has 3 rings (SSSR count). The van der Waals surface area contributed by atoms with Gasteiger partial charge in [0, 0.05) is 33.7 Å². The van der Waals surface area contributed by atoms with Crippen LogP contribution in [-0.2, 0) is 23.1 Å². The van der Waals surface area contributed by atoms with Crippen LogP contribution in [0.3, 0.4) is 0 Å². The normalized spacial score (nSPS) is 16.6. The Morgan fingerprint density at radius 1 is 0.931 bits per heavy atom. The monoisotopic (exact) mass is 415 g/mol. The number of hydrogen-bond acceptors (Lipinski definition) is 4. The standard InChI is InChI=1S/C23H33N3O2S/c1-24(2)29(27,28)23-11-7-10-22(16-23)19-26-14-12-21(13-15-26)18-25(3)17-20-8-5-4-6-9-20/h4-11,16,21H,12-15,17-19H2,1-3H3. The zero-order valence-electron chi connectivity index (χ0n) is 17.8. The summed E-state index contributed by atoms with van der Waals surface area (Å²) in [5.41, 5.74) is 2.42. The van der Waals surface area contributed by atoms with Gasteiger partial charge >= 0.3 is 0 Å². The van der Waals surface area contributed by atoms with Crippen LogP contribution in [-0.4, -0.2) is 63.3 Å². The van der Waals surface area contributed by atoms with Crippen molar-refractivity contribution >= 4 is 10.0 Å². The van der Waals surface area contributed by atoms with E-state index in [1.165, 1.54) is 22.7 Å². The molecule has 0 aromatic heterocycles. The average molecular weight is 416 g/mol. The Hall–Kier alpha value is -1.73. The number of piperidine rings is 1. The lowest BCUT2D eigenvalue weighted by Crippen LogP contribution is -2.37. The molecule has 6 heteroatoms. The van der Waals surface area contributed by atoms with E-state index in [4.69, 9.17) is 0 Å². The molecule has 0 N–H and O–H groups in total. The van der Waals surface area contributed by atoms with Gasteiger partial charge in [-0.05, 0) is 62.2 Å². The molecular weight excluding hydrogens is 382 g/mol. The first-order valence-electron chi connectivity index (χ1n) is 10.3. The first-order valence-corrected chi connectivity index (χ1v) is 11.7. The van der Waals surface area contributed by atoms with E-state index in [0.29, 0.717) is 4.90 Å². The van der Waals surface area contributed by atoms with Crippen molar-refractivity contribution < 1.29 is 8.42 Å². The van der Waals surface area contributed by atoms with E-state index < -0.39 is 10.0 Å². The van der Waals surface area contributed by atoms with Gasteiger partial charge in [-0.15, -0.1) is 0 Å². The van der Waals surface area contributed by atoms with Crippen LogP contribution in [0.1, 0.15) is 24.0 Å². The van der Waals surface area contributed by atoms with Crippen LogP contribution < -0.4 is 0 Å². The Kier molecular flexibility index (Phi) is 7.46. The minimum absolute atomic E-state index is 0.373. The minimum Gasteiger partial charge on any atom is -0.302 e. The first-order chi connectivity index (χ1) is 13.8. The third kappa shape index (κ3) is 6.12. The molecule has 29 heavy (non-hydrogen) atoms. The van der Waals surface area contributed by atoms with E-state index in [1.54, 1.807) is 20.2 Å². The highest BCUT2D eigenvalue weighted by atomic mass is 32.2. The Morgan fingerprint density at radius 2 is 1.59 bits per heavy atom. The van der Waals surface area contributed by atoms with Crippen LogP contribution in [0, 0.1) is 5.92 Å². The Balaban J connectivity index is 1.49. The molecule has 1 saturated heterocycles. The third-order valence-corrected chi connectivity index (χ3v) is 7.47. The van der Waals surface area contributed by atoms with E-state index in [-0.39, 0.29) is 0 Å². The van der Waals surface area contributed by atoms with Crippen molar-refractivity contribution in [2.24, 2.45) is 5.92 Å². The number of likely N-dealkylation sites (tertiary alicyclic amines) is 1.